The van der Waals surface area contributed by atoms with E-state index in [0.717, 1.165) is 12.8 Å². The molecule has 0 bridgehead atoms. The Morgan fingerprint density at radius 3 is 2.69 bits per heavy atom. The van der Waals surface area contributed by atoms with E-state index in [9.17, 15) is 13.2 Å². The Morgan fingerprint density at radius 1 is 1.17 bits per heavy atom. The number of fused-ring (bicyclic) bond motifs is 3. The number of nitrogens with one attached hydrogen (secondary N) is 2. The summed E-state index contributed by atoms with van der Waals surface area (Å²) in [7, 11) is -3.95. The lowest BCUT2D eigenvalue weighted by molar-refractivity contribution is 0.0505. The third-order valence-corrected chi connectivity index (χ3v) is 8.01. The largest absolute Gasteiger partial charge is 0.444 e. The van der Waals surface area contributed by atoms with Crippen molar-refractivity contribution in [2.45, 2.75) is 74.4 Å². The van der Waals surface area contributed by atoms with Crippen LogP contribution in [0.2, 0.25) is 0 Å². The van der Waals surface area contributed by atoms with Gasteiger partial charge in [-0.15, -0.1) is 10.2 Å². The number of carbonyl (C=O) groups excluding carboxylic acids is 1. The molecule has 0 spiro atoms. The van der Waals surface area contributed by atoms with Crippen LogP contribution in [0.25, 0.3) is 16.8 Å². The lowest BCUT2D eigenvalue weighted by Crippen LogP contribution is -2.37. The monoisotopic (exact) mass is 496 g/mol. The summed E-state index contributed by atoms with van der Waals surface area (Å²) < 4.78 is 34.4. The molecule has 0 radical (unpaired) electrons. The summed E-state index contributed by atoms with van der Waals surface area (Å²) in [6.45, 7) is 7.23. The van der Waals surface area contributed by atoms with Gasteiger partial charge in [-0.2, -0.15) is 0 Å². The molecule has 1 amide bonds. The van der Waals surface area contributed by atoms with Gasteiger partial charge in [-0.3, -0.25) is 4.40 Å². The lowest BCUT2D eigenvalue weighted by atomic mass is 10.1. The van der Waals surface area contributed by atoms with E-state index in [1.807, 2.05) is 26.8 Å². The second-order valence-electron chi connectivity index (χ2n) is 9.97. The van der Waals surface area contributed by atoms with Crippen molar-refractivity contribution in [3.63, 3.8) is 0 Å². The van der Waals surface area contributed by atoms with Gasteiger partial charge in [0.2, 0.25) is 14.9 Å². The molecule has 11 heteroatoms. The SMILES string of the molecule is Cc1ccccc1S(=O)(=O)c1nc2[nH]ccc2n2c([C@@H]3CC[C@H](NC(=O)OC(C)(C)C)C3)nnc12. The summed E-state index contributed by atoms with van der Waals surface area (Å²) in [6, 6.07) is 8.57. The Morgan fingerprint density at radius 2 is 1.94 bits per heavy atom. The summed E-state index contributed by atoms with van der Waals surface area (Å²) in [5.74, 6) is 0.640. The van der Waals surface area contributed by atoms with Crippen LogP contribution in [-0.4, -0.2) is 50.7 Å². The van der Waals surface area contributed by atoms with Crippen molar-refractivity contribution in [2.24, 2.45) is 0 Å². The van der Waals surface area contributed by atoms with Crippen molar-refractivity contribution in [3.8, 4) is 0 Å². The first-order valence-electron chi connectivity index (χ1n) is 11.6. The van der Waals surface area contributed by atoms with Gasteiger partial charge in [0.05, 0.1) is 10.4 Å². The van der Waals surface area contributed by atoms with Gasteiger partial charge in [0.1, 0.15) is 11.4 Å². The van der Waals surface area contributed by atoms with Crippen molar-refractivity contribution in [2.75, 3.05) is 0 Å². The molecule has 3 heterocycles. The van der Waals surface area contributed by atoms with Crippen molar-refractivity contribution in [1.29, 1.82) is 0 Å². The zero-order valence-corrected chi connectivity index (χ0v) is 20.9. The van der Waals surface area contributed by atoms with Crippen molar-refractivity contribution >= 4 is 32.7 Å². The Hall–Kier alpha value is -3.47. The molecule has 4 aromatic rings. The number of nitrogens with zero attached hydrogens (tertiary/aromatic N) is 4. The standard InChI is InChI=1S/C24H28N6O4S/c1-14-7-5-6-8-18(14)35(32,33)22-21-29-28-20(30(21)17-11-12-25-19(17)27-22)15-9-10-16(13-15)26-23(31)34-24(2,3)4/h5-8,11-12,15-16,25H,9-10,13H2,1-4H3,(H,26,31)/t15-,16+/m1/s1. The molecule has 35 heavy (non-hydrogen) atoms. The number of aryl methyl sites for hydroxylation is 1. The van der Waals surface area contributed by atoms with Crippen molar-refractivity contribution < 1.29 is 17.9 Å². The molecule has 1 saturated carbocycles. The number of benzene rings is 1. The van der Waals surface area contributed by atoms with E-state index >= 15 is 0 Å². The number of sulfone groups is 1. The molecule has 10 nitrogen and oxygen atoms in total. The molecular formula is C24H28N6O4S. The molecule has 0 saturated heterocycles. The number of aromatic nitrogens is 5. The number of hydrogen-bond acceptors (Lipinski definition) is 7. The summed E-state index contributed by atoms with van der Waals surface area (Å²) in [4.78, 5) is 19.9. The van der Waals surface area contributed by atoms with E-state index in [2.05, 4.69) is 25.5 Å². The second kappa shape index (κ2) is 8.33. The van der Waals surface area contributed by atoms with Gasteiger partial charge < -0.3 is 15.0 Å². The molecule has 184 valence electrons. The highest BCUT2D eigenvalue weighted by Gasteiger charge is 2.34. The normalized spacial score (nSPS) is 18.9. The van der Waals surface area contributed by atoms with Gasteiger partial charge >= 0.3 is 6.09 Å². The van der Waals surface area contributed by atoms with Crippen LogP contribution in [0.15, 0.2) is 46.5 Å². The number of aromatic amines is 1. The Bertz CT molecular complexity index is 1530. The van der Waals surface area contributed by atoms with Gasteiger partial charge in [0.25, 0.3) is 0 Å². The highest BCUT2D eigenvalue weighted by Crippen LogP contribution is 2.36. The zero-order chi connectivity index (χ0) is 25.0. The van der Waals surface area contributed by atoms with Crippen LogP contribution in [0.4, 0.5) is 4.79 Å². The van der Waals surface area contributed by atoms with E-state index < -0.39 is 21.5 Å². The minimum atomic E-state index is -3.95. The average molecular weight is 497 g/mol. The highest BCUT2D eigenvalue weighted by atomic mass is 32.2. The number of ether oxygens (including phenoxy) is 1. The highest BCUT2D eigenvalue weighted by molar-refractivity contribution is 7.91. The summed E-state index contributed by atoms with van der Waals surface area (Å²) in [5.41, 5.74) is 1.39. The van der Waals surface area contributed by atoms with Crippen LogP contribution in [0.5, 0.6) is 0 Å². The van der Waals surface area contributed by atoms with Crippen LogP contribution in [0, 0.1) is 6.92 Å². The first-order valence-corrected chi connectivity index (χ1v) is 13.1. The number of H-pyrrole nitrogens is 1. The summed E-state index contributed by atoms with van der Waals surface area (Å²) >= 11 is 0. The van der Waals surface area contributed by atoms with Crippen LogP contribution in [-0.2, 0) is 14.6 Å². The fourth-order valence-corrected chi connectivity index (χ4v) is 6.22. The number of rotatable bonds is 4. The third-order valence-electron chi connectivity index (χ3n) is 6.19. The van der Waals surface area contributed by atoms with E-state index in [1.165, 1.54) is 0 Å². The maximum Gasteiger partial charge on any atom is 0.407 e. The maximum atomic E-state index is 13.6. The predicted molar refractivity (Wildman–Crippen MR) is 129 cm³/mol. The number of alkyl carbamates (subject to hydrolysis) is 1. The van der Waals surface area contributed by atoms with Crippen LogP contribution >= 0.6 is 0 Å². The molecule has 0 aliphatic heterocycles. The van der Waals surface area contributed by atoms with Gasteiger partial charge in [-0.05, 0) is 64.7 Å². The fraction of sp³-hybridized carbons (Fsp3) is 0.417. The molecule has 1 fully saturated rings. The Balaban J connectivity index is 1.54. The molecule has 1 aromatic carbocycles. The molecule has 3 aromatic heterocycles. The predicted octanol–water partition coefficient (Wildman–Crippen LogP) is 3.91. The van der Waals surface area contributed by atoms with Crippen LogP contribution in [0.3, 0.4) is 0 Å². The summed E-state index contributed by atoms with van der Waals surface area (Å²) in [6.07, 6.45) is 3.45. The first kappa shape index (κ1) is 23.3. The topological polar surface area (TPSA) is 131 Å². The quantitative estimate of drug-likeness (QED) is 0.438. The van der Waals surface area contributed by atoms with Gasteiger partial charge in [-0.25, -0.2) is 18.2 Å². The van der Waals surface area contributed by atoms with Gasteiger partial charge in [-0.1, -0.05) is 18.2 Å². The smallest absolute Gasteiger partial charge is 0.407 e. The third kappa shape index (κ3) is 4.24. The molecule has 2 N–H and O–H groups in total. The van der Waals surface area contributed by atoms with Gasteiger partial charge in [0.15, 0.2) is 11.3 Å². The van der Waals surface area contributed by atoms with Crippen LogP contribution < -0.4 is 5.32 Å². The van der Waals surface area contributed by atoms with Crippen molar-refractivity contribution in [1.82, 2.24) is 29.9 Å². The molecule has 0 unspecified atom stereocenters. The Labute approximate surface area is 203 Å². The summed E-state index contributed by atoms with van der Waals surface area (Å²) in [5, 5.41) is 11.5. The van der Waals surface area contributed by atoms with E-state index in [4.69, 9.17) is 4.74 Å². The molecule has 5 rings (SSSR count). The molecule has 1 aliphatic rings. The first-order chi connectivity index (χ1) is 16.5. The maximum absolute atomic E-state index is 13.6. The number of amides is 1. The second-order valence-corrected chi connectivity index (χ2v) is 11.8. The van der Waals surface area contributed by atoms with Crippen LogP contribution in [0.1, 0.15) is 57.3 Å². The zero-order valence-electron chi connectivity index (χ0n) is 20.1. The lowest BCUT2D eigenvalue weighted by Gasteiger charge is -2.21. The van der Waals surface area contributed by atoms with Gasteiger partial charge in [0, 0.05) is 18.2 Å². The average Bonchev–Trinajstić information content (AvgIpc) is 3.50. The van der Waals surface area contributed by atoms with E-state index in [1.54, 1.807) is 41.8 Å². The molecular weight excluding hydrogens is 468 g/mol. The minimum Gasteiger partial charge on any atom is -0.444 e. The minimum absolute atomic E-state index is 0.0144. The number of carbonyl (C=O) groups is 1. The number of hydrogen-bond donors (Lipinski definition) is 2. The van der Waals surface area contributed by atoms with E-state index in [-0.39, 0.29) is 27.5 Å². The molecule has 2 atom stereocenters. The molecule has 1 aliphatic carbocycles. The fourth-order valence-electron chi connectivity index (χ4n) is 4.67. The van der Waals surface area contributed by atoms with Crippen molar-refractivity contribution in [3.05, 3.63) is 47.9 Å². The Kier molecular flexibility index (Phi) is 5.54. The van der Waals surface area contributed by atoms with E-state index in [0.29, 0.717) is 29.0 Å².